The minimum absolute atomic E-state index is 0.0364. The molecular weight excluding hydrogens is 300 g/mol. The molecule has 0 radical (unpaired) electrons. The van der Waals surface area contributed by atoms with Crippen molar-refractivity contribution in [3.8, 4) is 6.07 Å². The summed E-state index contributed by atoms with van der Waals surface area (Å²) >= 11 is 0. The molecule has 1 aliphatic rings. The number of amidine groups is 1. The van der Waals surface area contributed by atoms with Gasteiger partial charge in [0.25, 0.3) is 5.91 Å². The molecule has 3 rings (SSSR count). The number of nitrogens with zero attached hydrogens (tertiary/aromatic N) is 2. The molecule has 0 unspecified atom stereocenters. The van der Waals surface area contributed by atoms with Gasteiger partial charge in [-0.3, -0.25) is 4.79 Å². The van der Waals surface area contributed by atoms with Crippen LogP contribution in [0.25, 0.3) is 5.70 Å². The number of nitrogens with one attached hydrogen (secondary N) is 1. The third kappa shape index (κ3) is 2.77. The van der Waals surface area contributed by atoms with Crippen LogP contribution < -0.4 is 11.1 Å². The summed E-state index contributed by atoms with van der Waals surface area (Å²) < 4.78 is 0. The molecule has 0 aromatic heterocycles. The maximum atomic E-state index is 12.6. The summed E-state index contributed by atoms with van der Waals surface area (Å²) in [6.45, 7) is 1.87. The first kappa shape index (κ1) is 15.5. The molecule has 2 aromatic rings. The third-order valence-electron chi connectivity index (χ3n) is 3.91. The molecule has 1 atom stereocenters. The number of benzene rings is 2. The van der Waals surface area contributed by atoms with Gasteiger partial charge in [0.15, 0.2) is 0 Å². The fourth-order valence-corrected chi connectivity index (χ4v) is 2.65. The number of carbonyl (C=O) groups excluding carboxylic acids is 1. The quantitative estimate of drug-likeness (QED) is 0.673. The Morgan fingerprint density at radius 1 is 1.12 bits per heavy atom. The van der Waals surface area contributed by atoms with E-state index >= 15 is 0 Å². The maximum Gasteiger partial charge on any atom is 0.264 e. The molecule has 1 heterocycles. The molecular formula is C19H16N4O. The standard InChI is InChI=1S/C19H16N4O/c1-12(13-7-3-2-4-8-13)22-19(24)16(11-20)17-14-9-5-6-10-15(14)18(21)23-17/h2-10,12H,1H3,(H2,21,23)(H,22,24)/b17-16-/t12-/m1/s1. The van der Waals surface area contributed by atoms with Crippen molar-refractivity contribution in [3.05, 3.63) is 76.9 Å². The molecule has 118 valence electrons. The van der Waals surface area contributed by atoms with Crippen molar-refractivity contribution >= 4 is 17.4 Å². The SMILES string of the molecule is C[C@@H](NC(=O)/C(C#N)=C1\N=C(N)c2ccccc21)c1ccccc1. The van der Waals surface area contributed by atoms with Crippen molar-refractivity contribution in [2.45, 2.75) is 13.0 Å². The summed E-state index contributed by atoms with van der Waals surface area (Å²) in [6.07, 6.45) is 0. The van der Waals surface area contributed by atoms with Crippen LogP contribution in [0.2, 0.25) is 0 Å². The van der Waals surface area contributed by atoms with Crippen LogP contribution in [0.5, 0.6) is 0 Å². The van der Waals surface area contributed by atoms with E-state index in [4.69, 9.17) is 5.73 Å². The Morgan fingerprint density at radius 3 is 2.42 bits per heavy atom. The van der Waals surface area contributed by atoms with Crippen molar-refractivity contribution in [2.75, 3.05) is 0 Å². The third-order valence-corrected chi connectivity index (χ3v) is 3.91. The largest absolute Gasteiger partial charge is 0.383 e. The Labute approximate surface area is 140 Å². The van der Waals surface area contributed by atoms with Gasteiger partial charge in [-0.2, -0.15) is 5.26 Å². The van der Waals surface area contributed by atoms with Crippen LogP contribution >= 0.6 is 0 Å². The van der Waals surface area contributed by atoms with Crippen LogP contribution in [-0.4, -0.2) is 11.7 Å². The molecule has 0 aliphatic carbocycles. The Kier molecular flexibility index (Phi) is 4.13. The number of amides is 1. The van der Waals surface area contributed by atoms with Crippen molar-refractivity contribution in [2.24, 2.45) is 10.7 Å². The molecule has 0 saturated heterocycles. The van der Waals surface area contributed by atoms with Crippen LogP contribution in [0.4, 0.5) is 0 Å². The summed E-state index contributed by atoms with van der Waals surface area (Å²) in [6, 6.07) is 18.6. The van der Waals surface area contributed by atoms with E-state index in [1.54, 1.807) is 6.07 Å². The highest BCUT2D eigenvalue weighted by molar-refractivity contribution is 6.14. The van der Waals surface area contributed by atoms with E-state index in [1.165, 1.54) is 0 Å². The number of fused-ring (bicyclic) bond motifs is 1. The molecule has 0 saturated carbocycles. The summed E-state index contributed by atoms with van der Waals surface area (Å²) in [5, 5.41) is 12.3. The molecule has 5 nitrogen and oxygen atoms in total. The number of nitriles is 1. The van der Waals surface area contributed by atoms with Crippen LogP contribution in [0.15, 0.2) is 65.2 Å². The molecule has 24 heavy (non-hydrogen) atoms. The molecule has 2 aromatic carbocycles. The molecule has 5 heteroatoms. The first-order valence-electron chi connectivity index (χ1n) is 7.56. The average molecular weight is 316 g/mol. The summed E-state index contributed by atoms with van der Waals surface area (Å²) in [5.41, 5.74) is 8.59. The van der Waals surface area contributed by atoms with E-state index in [9.17, 15) is 10.1 Å². The van der Waals surface area contributed by atoms with E-state index in [0.717, 1.165) is 11.1 Å². The number of rotatable bonds is 3. The fourth-order valence-electron chi connectivity index (χ4n) is 2.65. The Balaban J connectivity index is 1.93. The summed E-state index contributed by atoms with van der Waals surface area (Å²) in [4.78, 5) is 16.8. The number of hydrogen-bond acceptors (Lipinski definition) is 4. The lowest BCUT2D eigenvalue weighted by atomic mass is 10.0. The zero-order valence-corrected chi connectivity index (χ0v) is 13.2. The predicted molar refractivity (Wildman–Crippen MR) is 92.7 cm³/mol. The van der Waals surface area contributed by atoms with Gasteiger partial charge in [0.05, 0.1) is 11.7 Å². The van der Waals surface area contributed by atoms with Crippen molar-refractivity contribution in [3.63, 3.8) is 0 Å². The van der Waals surface area contributed by atoms with Gasteiger partial charge in [0.1, 0.15) is 17.5 Å². The predicted octanol–water partition coefficient (Wildman–Crippen LogP) is 2.52. The fraction of sp³-hybridized carbons (Fsp3) is 0.105. The molecule has 3 N–H and O–H groups in total. The number of nitrogens with two attached hydrogens (primary N) is 1. The van der Waals surface area contributed by atoms with Gasteiger partial charge in [-0.05, 0) is 12.5 Å². The van der Waals surface area contributed by atoms with E-state index in [-0.39, 0.29) is 11.6 Å². The second-order valence-electron chi connectivity index (χ2n) is 5.48. The maximum absolute atomic E-state index is 12.6. The highest BCUT2D eigenvalue weighted by Crippen LogP contribution is 2.30. The van der Waals surface area contributed by atoms with Gasteiger partial charge in [-0.1, -0.05) is 54.6 Å². The van der Waals surface area contributed by atoms with Gasteiger partial charge in [0, 0.05) is 11.1 Å². The zero-order valence-electron chi connectivity index (χ0n) is 13.2. The van der Waals surface area contributed by atoms with Crippen LogP contribution in [-0.2, 0) is 4.79 Å². The van der Waals surface area contributed by atoms with Gasteiger partial charge < -0.3 is 11.1 Å². The van der Waals surface area contributed by atoms with Gasteiger partial charge in [0.2, 0.25) is 0 Å². The van der Waals surface area contributed by atoms with Crippen LogP contribution in [0.3, 0.4) is 0 Å². The molecule has 1 aliphatic heterocycles. The topological polar surface area (TPSA) is 91.3 Å². The Bertz CT molecular complexity index is 891. The van der Waals surface area contributed by atoms with E-state index in [1.807, 2.05) is 61.5 Å². The van der Waals surface area contributed by atoms with Gasteiger partial charge in [-0.25, -0.2) is 4.99 Å². The van der Waals surface area contributed by atoms with Crippen LogP contribution in [0.1, 0.15) is 29.7 Å². The highest BCUT2D eigenvalue weighted by Gasteiger charge is 2.25. The average Bonchev–Trinajstić information content (AvgIpc) is 2.93. The first-order chi connectivity index (χ1) is 11.6. The smallest absolute Gasteiger partial charge is 0.264 e. The normalized spacial score (nSPS) is 15.8. The van der Waals surface area contributed by atoms with E-state index < -0.39 is 5.91 Å². The summed E-state index contributed by atoms with van der Waals surface area (Å²) in [5.74, 6) is -0.144. The lowest BCUT2D eigenvalue weighted by Crippen LogP contribution is -2.28. The van der Waals surface area contributed by atoms with E-state index in [2.05, 4.69) is 10.3 Å². The monoisotopic (exact) mass is 316 g/mol. The van der Waals surface area contributed by atoms with Crippen molar-refractivity contribution in [1.82, 2.24) is 5.32 Å². The van der Waals surface area contributed by atoms with Gasteiger partial charge >= 0.3 is 0 Å². The van der Waals surface area contributed by atoms with Crippen LogP contribution in [0, 0.1) is 11.3 Å². The summed E-state index contributed by atoms with van der Waals surface area (Å²) in [7, 11) is 0. The number of hydrogen-bond donors (Lipinski definition) is 2. The zero-order chi connectivity index (χ0) is 17.1. The highest BCUT2D eigenvalue weighted by atomic mass is 16.1. The number of aliphatic imine (C=N–C) groups is 1. The Morgan fingerprint density at radius 2 is 1.75 bits per heavy atom. The van der Waals surface area contributed by atoms with E-state index in [0.29, 0.717) is 17.1 Å². The lowest BCUT2D eigenvalue weighted by molar-refractivity contribution is -0.117. The second-order valence-corrected chi connectivity index (χ2v) is 5.48. The van der Waals surface area contributed by atoms with Crippen molar-refractivity contribution < 1.29 is 4.79 Å². The minimum Gasteiger partial charge on any atom is -0.383 e. The van der Waals surface area contributed by atoms with Crippen molar-refractivity contribution in [1.29, 1.82) is 5.26 Å². The minimum atomic E-state index is -0.461. The molecule has 0 spiro atoms. The number of carbonyl (C=O) groups is 1. The first-order valence-corrected chi connectivity index (χ1v) is 7.56. The Hall–Kier alpha value is -3.39. The molecule has 0 fully saturated rings. The lowest BCUT2D eigenvalue weighted by Gasteiger charge is -2.14. The second kappa shape index (κ2) is 6.39. The molecule has 1 amide bonds. The molecule has 0 bridgehead atoms. The van der Waals surface area contributed by atoms with Gasteiger partial charge in [-0.15, -0.1) is 0 Å².